The van der Waals surface area contributed by atoms with Gasteiger partial charge in [0.2, 0.25) is 5.88 Å². The normalized spacial score (nSPS) is 14.4. The molecule has 1 fully saturated rings. The van der Waals surface area contributed by atoms with Crippen LogP contribution in [0.2, 0.25) is 0 Å². The number of nitriles is 1. The molecule has 1 atom stereocenters. The topological polar surface area (TPSA) is 122 Å². The second-order valence-corrected chi connectivity index (χ2v) is 10.2. The molecule has 1 aliphatic heterocycles. The van der Waals surface area contributed by atoms with Crippen LogP contribution in [-0.2, 0) is 11.3 Å². The summed E-state index contributed by atoms with van der Waals surface area (Å²) in [6.45, 7) is 5.84. The van der Waals surface area contributed by atoms with Crippen LogP contribution in [-0.4, -0.2) is 57.9 Å². The predicted molar refractivity (Wildman–Crippen MR) is 153 cm³/mol. The number of nitrogens with zero attached hydrogens (tertiary/aromatic N) is 5. The molecule has 41 heavy (non-hydrogen) atoms. The van der Waals surface area contributed by atoms with E-state index in [1.807, 2.05) is 34.8 Å². The van der Waals surface area contributed by atoms with Gasteiger partial charge in [-0.25, -0.2) is 4.98 Å². The van der Waals surface area contributed by atoms with Crippen molar-refractivity contribution >= 4 is 22.7 Å². The molecule has 1 unspecified atom stereocenters. The maximum Gasteiger partial charge on any atom is 0.253 e. The zero-order valence-electron chi connectivity index (χ0n) is 23.3. The summed E-state index contributed by atoms with van der Waals surface area (Å²) in [6, 6.07) is 16.0. The SMILES string of the molecule is COC(C)NC(=O)c1ccc2nn(CC3CCN(C(=O)c4ccc(Oc5ccc(C#N)cn5)cc4)CC3)cc2c1C. The van der Waals surface area contributed by atoms with E-state index in [1.54, 1.807) is 56.5 Å². The van der Waals surface area contributed by atoms with Crippen LogP contribution < -0.4 is 10.1 Å². The van der Waals surface area contributed by atoms with Gasteiger partial charge >= 0.3 is 0 Å². The number of hydrogen-bond acceptors (Lipinski definition) is 7. The van der Waals surface area contributed by atoms with Crippen molar-refractivity contribution < 1.29 is 19.1 Å². The molecule has 10 heteroatoms. The number of carbonyl (C=O) groups is 2. The Morgan fingerprint density at radius 2 is 1.88 bits per heavy atom. The number of pyridine rings is 1. The fourth-order valence-corrected chi connectivity index (χ4v) is 5.00. The first-order valence-electron chi connectivity index (χ1n) is 13.6. The highest BCUT2D eigenvalue weighted by atomic mass is 16.5. The summed E-state index contributed by atoms with van der Waals surface area (Å²) in [5.74, 6) is 1.17. The van der Waals surface area contributed by atoms with Gasteiger partial charge in [0, 0.05) is 61.7 Å². The smallest absolute Gasteiger partial charge is 0.253 e. The minimum absolute atomic E-state index is 0.000507. The molecule has 0 spiro atoms. The Kier molecular flexibility index (Phi) is 8.26. The fraction of sp³-hybridized carbons (Fsp3) is 0.323. The van der Waals surface area contributed by atoms with Gasteiger partial charge in [-0.05, 0) is 80.6 Å². The van der Waals surface area contributed by atoms with Gasteiger partial charge in [-0.3, -0.25) is 14.3 Å². The molecule has 5 rings (SSSR count). The van der Waals surface area contributed by atoms with Gasteiger partial charge in [0.05, 0.1) is 11.1 Å². The van der Waals surface area contributed by atoms with E-state index in [0.717, 1.165) is 35.9 Å². The number of benzene rings is 2. The van der Waals surface area contributed by atoms with E-state index in [9.17, 15) is 9.59 Å². The number of ether oxygens (including phenoxy) is 2. The lowest BCUT2D eigenvalue weighted by Gasteiger charge is -2.32. The molecule has 0 bridgehead atoms. The number of fused-ring (bicyclic) bond motifs is 1. The van der Waals surface area contributed by atoms with Crippen molar-refractivity contribution in [3.63, 3.8) is 0 Å². The molecule has 0 aliphatic carbocycles. The van der Waals surface area contributed by atoms with Crippen molar-refractivity contribution in [3.8, 4) is 17.7 Å². The first kappa shape index (κ1) is 27.8. The van der Waals surface area contributed by atoms with Crippen LogP contribution in [0.15, 0.2) is 60.9 Å². The molecule has 2 aromatic carbocycles. The van der Waals surface area contributed by atoms with E-state index in [4.69, 9.17) is 19.8 Å². The summed E-state index contributed by atoms with van der Waals surface area (Å²) in [6.07, 6.45) is 4.86. The Labute approximate surface area is 238 Å². The highest BCUT2D eigenvalue weighted by Gasteiger charge is 2.25. The number of carbonyl (C=O) groups excluding carboxylic acids is 2. The zero-order valence-corrected chi connectivity index (χ0v) is 23.3. The molecule has 1 aliphatic rings. The fourth-order valence-electron chi connectivity index (χ4n) is 5.00. The highest BCUT2D eigenvalue weighted by molar-refractivity contribution is 6.00. The number of nitrogens with one attached hydrogen (secondary N) is 1. The summed E-state index contributed by atoms with van der Waals surface area (Å²) >= 11 is 0. The molecule has 1 N–H and O–H groups in total. The van der Waals surface area contributed by atoms with Crippen LogP contribution in [0, 0.1) is 24.2 Å². The first-order chi connectivity index (χ1) is 19.8. The monoisotopic (exact) mass is 552 g/mol. The van der Waals surface area contributed by atoms with Gasteiger partial charge < -0.3 is 19.7 Å². The largest absolute Gasteiger partial charge is 0.439 e. The Morgan fingerprint density at radius 1 is 1.12 bits per heavy atom. The van der Waals surface area contributed by atoms with Crippen LogP contribution in [0.3, 0.4) is 0 Å². The Balaban J connectivity index is 1.16. The molecule has 10 nitrogen and oxygen atoms in total. The Bertz CT molecular complexity index is 1580. The summed E-state index contributed by atoms with van der Waals surface area (Å²) in [7, 11) is 1.55. The number of methoxy groups -OCH3 is 1. The van der Waals surface area contributed by atoms with Crippen LogP contribution in [0.4, 0.5) is 0 Å². The number of aryl methyl sites for hydroxylation is 1. The molecule has 0 saturated carbocycles. The Morgan fingerprint density at radius 3 is 2.54 bits per heavy atom. The molecule has 2 aromatic heterocycles. The van der Waals surface area contributed by atoms with Crippen molar-refractivity contribution in [2.75, 3.05) is 20.2 Å². The summed E-state index contributed by atoms with van der Waals surface area (Å²) < 4.78 is 12.8. The van der Waals surface area contributed by atoms with Crippen molar-refractivity contribution in [3.05, 3.63) is 83.2 Å². The van der Waals surface area contributed by atoms with Crippen LogP contribution in [0.1, 0.15) is 51.6 Å². The predicted octanol–water partition coefficient (Wildman–Crippen LogP) is 4.68. The molecule has 2 amide bonds. The molecule has 4 aromatic rings. The maximum atomic E-state index is 13.1. The van der Waals surface area contributed by atoms with Gasteiger partial charge in [-0.2, -0.15) is 10.4 Å². The van der Waals surface area contributed by atoms with Gasteiger partial charge in [-0.15, -0.1) is 0 Å². The molecule has 0 radical (unpaired) electrons. The first-order valence-corrected chi connectivity index (χ1v) is 13.6. The van der Waals surface area contributed by atoms with E-state index in [1.165, 1.54) is 6.20 Å². The number of likely N-dealkylation sites (tertiary alicyclic amines) is 1. The second kappa shape index (κ2) is 12.2. The van der Waals surface area contributed by atoms with Gasteiger partial charge in [0.1, 0.15) is 18.0 Å². The minimum atomic E-state index is -0.371. The number of aromatic nitrogens is 3. The summed E-state index contributed by atoms with van der Waals surface area (Å²) in [5.41, 5.74) is 3.42. The van der Waals surface area contributed by atoms with Crippen molar-refractivity contribution in [1.29, 1.82) is 5.26 Å². The third-order valence-corrected chi connectivity index (χ3v) is 7.47. The molecular formula is C31H32N6O4. The van der Waals surface area contributed by atoms with Gasteiger partial charge in [0.25, 0.3) is 11.8 Å². The number of piperidine rings is 1. The second-order valence-electron chi connectivity index (χ2n) is 10.2. The minimum Gasteiger partial charge on any atom is -0.439 e. The number of hydrogen-bond donors (Lipinski definition) is 1. The van der Waals surface area contributed by atoms with E-state index >= 15 is 0 Å². The molecule has 3 heterocycles. The van der Waals surface area contributed by atoms with Crippen molar-refractivity contribution in [1.82, 2.24) is 25.0 Å². The van der Waals surface area contributed by atoms with E-state index < -0.39 is 0 Å². The average molecular weight is 553 g/mol. The molecular weight excluding hydrogens is 520 g/mol. The standard InChI is InChI=1S/C31H32N6O4/c1-20-26(30(38)34-21(2)40-3)9-10-28-27(20)19-37(35-28)18-22-12-14-36(15-13-22)31(39)24-5-7-25(8-6-24)41-29-11-4-23(16-32)17-33-29/h4-11,17,19,21-22H,12-15,18H2,1-3H3,(H,34,38). The van der Waals surface area contributed by atoms with E-state index in [-0.39, 0.29) is 18.0 Å². The Hall–Kier alpha value is -4.75. The quantitative estimate of drug-likeness (QED) is 0.315. The summed E-state index contributed by atoms with van der Waals surface area (Å²) in [5, 5.41) is 17.4. The van der Waals surface area contributed by atoms with E-state index in [2.05, 4.69) is 10.3 Å². The lowest BCUT2D eigenvalue weighted by Crippen LogP contribution is -2.39. The van der Waals surface area contributed by atoms with Crippen molar-refractivity contribution in [2.24, 2.45) is 5.92 Å². The van der Waals surface area contributed by atoms with Crippen LogP contribution in [0.25, 0.3) is 10.9 Å². The number of amides is 2. The van der Waals surface area contributed by atoms with Gasteiger partial charge in [0.15, 0.2) is 0 Å². The summed E-state index contributed by atoms with van der Waals surface area (Å²) in [4.78, 5) is 31.7. The third-order valence-electron chi connectivity index (χ3n) is 7.47. The third kappa shape index (κ3) is 6.36. The van der Waals surface area contributed by atoms with Crippen LogP contribution >= 0.6 is 0 Å². The van der Waals surface area contributed by atoms with E-state index in [0.29, 0.717) is 47.3 Å². The zero-order chi connectivity index (χ0) is 28.9. The molecule has 1 saturated heterocycles. The molecule has 210 valence electrons. The van der Waals surface area contributed by atoms with Crippen molar-refractivity contribution in [2.45, 2.75) is 39.5 Å². The lowest BCUT2D eigenvalue weighted by atomic mass is 9.96. The van der Waals surface area contributed by atoms with Crippen LogP contribution in [0.5, 0.6) is 11.6 Å². The average Bonchev–Trinajstić information content (AvgIpc) is 3.41. The maximum absolute atomic E-state index is 13.1. The number of rotatable bonds is 8. The highest BCUT2D eigenvalue weighted by Crippen LogP contribution is 2.26. The lowest BCUT2D eigenvalue weighted by molar-refractivity contribution is 0.0655. The van der Waals surface area contributed by atoms with Gasteiger partial charge in [-0.1, -0.05) is 0 Å².